The molecule has 2 aromatic carbocycles. The third-order valence-corrected chi connectivity index (χ3v) is 6.87. The van der Waals surface area contributed by atoms with Crippen LogP contribution in [0.4, 0.5) is 0 Å². The van der Waals surface area contributed by atoms with Gasteiger partial charge in [-0.05, 0) is 61.8 Å². The molecule has 0 saturated carbocycles. The van der Waals surface area contributed by atoms with Crippen LogP contribution in [0.25, 0.3) is 11.1 Å². The number of rotatable bonds is 7. The molecule has 190 valence electrons. The van der Waals surface area contributed by atoms with Crippen molar-refractivity contribution in [2.75, 3.05) is 35.5 Å². The van der Waals surface area contributed by atoms with Gasteiger partial charge in [0.15, 0.2) is 23.0 Å². The Kier molecular flexibility index (Phi) is 8.20. The Morgan fingerprint density at radius 3 is 1.57 bits per heavy atom. The van der Waals surface area contributed by atoms with Crippen molar-refractivity contribution in [2.45, 2.75) is 40.5 Å². The number of carbonyl (C=O) groups excluding carboxylic acids is 1. The summed E-state index contributed by atoms with van der Waals surface area (Å²) in [7, 11) is 7.88. The van der Waals surface area contributed by atoms with Gasteiger partial charge in [0.1, 0.15) is 0 Å². The molecule has 0 heterocycles. The topological polar surface area (TPSA) is 72.5 Å². The molecule has 7 nitrogen and oxygen atoms in total. The number of hydrogen-bond donors (Lipinski definition) is 0. The van der Waals surface area contributed by atoms with Crippen LogP contribution < -0.4 is 28.4 Å². The van der Waals surface area contributed by atoms with E-state index < -0.39 is 5.97 Å². The molecule has 0 N–H and O–H groups in total. The summed E-state index contributed by atoms with van der Waals surface area (Å²) in [6.07, 6.45) is 3.24. The van der Waals surface area contributed by atoms with Crippen LogP contribution in [0.2, 0.25) is 0 Å². The minimum absolute atomic E-state index is 0.293. The molecule has 0 fully saturated rings. The highest BCUT2D eigenvalue weighted by atomic mass is 16.6. The molecular formula is C28H36O7. The quantitative estimate of drug-likeness (QED) is 0.286. The van der Waals surface area contributed by atoms with Crippen molar-refractivity contribution in [3.05, 3.63) is 34.9 Å². The van der Waals surface area contributed by atoms with E-state index in [-0.39, 0.29) is 0 Å². The summed E-state index contributed by atoms with van der Waals surface area (Å²) >= 11 is 0. The molecule has 0 spiro atoms. The van der Waals surface area contributed by atoms with Gasteiger partial charge < -0.3 is 28.4 Å². The van der Waals surface area contributed by atoms with Gasteiger partial charge in [0, 0.05) is 16.7 Å². The SMILES string of the molecule is CC=C(C)C(=O)Oc1c(OC)c(OC)cc2c1-c1c(cc(OC)c(OC)c1OC)C[C@@H](C)[C@H](C)C2. The smallest absolute Gasteiger partial charge is 0.338 e. The van der Waals surface area contributed by atoms with E-state index in [1.54, 1.807) is 48.4 Å². The molecule has 7 heteroatoms. The Morgan fingerprint density at radius 2 is 1.17 bits per heavy atom. The minimum Gasteiger partial charge on any atom is -0.493 e. The Labute approximate surface area is 207 Å². The second kappa shape index (κ2) is 10.9. The van der Waals surface area contributed by atoms with E-state index in [0.29, 0.717) is 51.9 Å². The van der Waals surface area contributed by atoms with Crippen molar-refractivity contribution < 1.29 is 33.2 Å². The highest BCUT2D eigenvalue weighted by molar-refractivity contribution is 5.94. The number of hydrogen-bond acceptors (Lipinski definition) is 7. The van der Waals surface area contributed by atoms with Crippen LogP contribution in [0.1, 0.15) is 38.8 Å². The lowest BCUT2D eigenvalue weighted by atomic mass is 9.77. The van der Waals surface area contributed by atoms with Gasteiger partial charge in [-0.15, -0.1) is 0 Å². The van der Waals surface area contributed by atoms with Crippen molar-refractivity contribution in [1.29, 1.82) is 0 Å². The molecule has 35 heavy (non-hydrogen) atoms. The Hall–Kier alpha value is -3.35. The Morgan fingerprint density at radius 1 is 0.743 bits per heavy atom. The number of allylic oxidation sites excluding steroid dienone is 1. The van der Waals surface area contributed by atoms with E-state index in [1.165, 1.54) is 7.11 Å². The van der Waals surface area contributed by atoms with Gasteiger partial charge in [0.25, 0.3) is 0 Å². The number of benzene rings is 2. The van der Waals surface area contributed by atoms with Crippen molar-refractivity contribution in [1.82, 2.24) is 0 Å². The molecule has 2 atom stereocenters. The Bertz CT molecular complexity index is 1130. The minimum atomic E-state index is -0.467. The van der Waals surface area contributed by atoms with Crippen LogP contribution >= 0.6 is 0 Å². The van der Waals surface area contributed by atoms with Crippen LogP contribution in [0.3, 0.4) is 0 Å². The molecule has 0 radical (unpaired) electrons. The van der Waals surface area contributed by atoms with Crippen LogP contribution in [-0.2, 0) is 17.6 Å². The monoisotopic (exact) mass is 484 g/mol. The zero-order chi connectivity index (χ0) is 25.9. The predicted octanol–water partition coefficient (Wildman–Crippen LogP) is 5.64. The predicted molar refractivity (Wildman–Crippen MR) is 135 cm³/mol. The van der Waals surface area contributed by atoms with E-state index in [1.807, 2.05) is 12.1 Å². The maximum Gasteiger partial charge on any atom is 0.338 e. The number of ether oxygens (including phenoxy) is 6. The second-order valence-corrected chi connectivity index (χ2v) is 8.88. The Balaban J connectivity index is 2.53. The average molecular weight is 485 g/mol. The number of esters is 1. The third-order valence-electron chi connectivity index (χ3n) is 6.87. The van der Waals surface area contributed by atoms with Crippen molar-refractivity contribution >= 4 is 5.97 Å². The number of fused-ring (bicyclic) bond motifs is 3. The lowest BCUT2D eigenvalue weighted by molar-refractivity contribution is -0.130. The first-order valence-electron chi connectivity index (χ1n) is 11.7. The van der Waals surface area contributed by atoms with Gasteiger partial charge in [-0.3, -0.25) is 0 Å². The molecule has 3 rings (SSSR count). The fraction of sp³-hybridized carbons (Fsp3) is 0.464. The summed E-state index contributed by atoms with van der Waals surface area (Å²) in [6, 6.07) is 3.94. The molecule has 1 aliphatic carbocycles. The fourth-order valence-electron chi connectivity index (χ4n) is 4.57. The highest BCUT2D eigenvalue weighted by Crippen LogP contribution is 2.56. The number of methoxy groups -OCH3 is 5. The molecule has 0 unspecified atom stereocenters. The first-order valence-corrected chi connectivity index (χ1v) is 11.7. The second-order valence-electron chi connectivity index (χ2n) is 8.88. The van der Waals surface area contributed by atoms with Gasteiger partial charge in [-0.2, -0.15) is 0 Å². The normalized spacial score (nSPS) is 17.3. The summed E-state index contributed by atoms with van der Waals surface area (Å²) in [5, 5.41) is 0. The van der Waals surface area contributed by atoms with Gasteiger partial charge in [-0.1, -0.05) is 19.9 Å². The molecule has 0 saturated heterocycles. The molecule has 0 bridgehead atoms. The van der Waals surface area contributed by atoms with E-state index in [9.17, 15) is 4.79 Å². The van der Waals surface area contributed by atoms with Crippen LogP contribution in [-0.4, -0.2) is 41.5 Å². The molecular weight excluding hydrogens is 448 g/mol. The summed E-state index contributed by atoms with van der Waals surface area (Å²) in [5.41, 5.74) is 3.98. The van der Waals surface area contributed by atoms with E-state index in [2.05, 4.69) is 13.8 Å². The van der Waals surface area contributed by atoms with Gasteiger partial charge >= 0.3 is 5.97 Å². The average Bonchev–Trinajstić information content (AvgIpc) is 2.86. The zero-order valence-electron chi connectivity index (χ0n) is 22.2. The van der Waals surface area contributed by atoms with Gasteiger partial charge in [0.05, 0.1) is 35.5 Å². The summed E-state index contributed by atoms with van der Waals surface area (Å²) in [5.74, 6) is 2.94. The maximum atomic E-state index is 13.0. The summed E-state index contributed by atoms with van der Waals surface area (Å²) < 4.78 is 34.7. The maximum absolute atomic E-state index is 13.0. The summed E-state index contributed by atoms with van der Waals surface area (Å²) in [6.45, 7) is 7.97. The van der Waals surface area contributed by atoms with Crippen molar-refractivity contribution in [3.8, 4) is 45.6 Å². The molecule has 2 aromatic rings. The largest absolute Gasteiger partial charge is 0.493 e. The lowest BCUT2D eigenvalue weighted by Crippen LogP contribution is -2.19. The van der Waals surface area contributed by atoms with Crippen molar-refractivity contribution in [3.63, 3.8) is 0 Å². The van der Waals surface area contributed by atoms with E-state index >= 15 is 0 Å². The molecule has 1 aliphatic rings. The fourth-order valence-corrected chi connectivity index (χ4v) is 4.57. The zero-order valence-corrected chi connectivity index (χ0v) is 22.2. The number of carbonyl (C=O) groups is 1. The first kappa shape index (κ1) is 26.3. The van der Waals surface area contributed by atoms with Gasteiger partial charge in [0.2, 0.25) is 11.5 Å². The molecule has 0 aliphatic heterocycles. The summed E-state index contributed by atoms with van der Waals surface area (Å²) in [4.78, 5) is 13.0. The third kappa shape index (κ3) is 4.77. The molecule has 0 aromatic heterocycles. The lowest BCUT2D eigenvalue weighted by Gasteiger charge is -2.30. The highest BCUT2D eigenvalue weighted by Gasteiger charge is 2.34. The van der Waals surface area contributed by atoms with Gasteiger partial charge in [-0.25, -0.2) is 4.79 Å². The van der Waals surface area contributed by atoms with Crippen molar-refractivity contribution in [2.24, 2.45) is 11.8 Å². The van der Waals surface area contributed by atoms with Crippen LogP contribution in [0.15, 0.2) is 23.8 Å². The first-order chi connectivity index (χ1) is 16.8. The van der Waals surface area contributed by atoms with Crippen LogP contribution in [0.5, 0.6) is 34.5 Å². The van der Waals surface area contributed by atoms with E-state index in [0.717, 1.165) is 35.1 Å². The van der Waals surface area contributed by atoms with Crippen LogP contribution in [0, 0.1) is 11.8 Å². The van der Waals surface area contributed by atoms with E-state index in [4.69, 9.17) is 28.4 Å². The standard InChI is InChI=1S/C28H36O7/c1-10-15(2)28(29)35-27-23-19(14-21(31-6)25(27)33-8)12-17(4)16(3)11-18-13-20(30-5)24(32-7)26(34-9)22(18)23/h10,13-14,16-17H,11-12H2,1-9H3/t16-,17-/m1/s1. The molecule has 0 amide bonds.